The number of halogens is 1. The molecule has 0 spiro atoms. The topological polar surface area (TPSA) is 24.9 Å². The Bertz CT molecular complexity index is 528. The summed E-state index contributed by atoms with van der Waals surface area (Å²) in [5.41, 5.74) is 1.09. The number of fused-ring (bicyclic) bond motifs is 2. The van der Waals surface area contributed by atoms with Crippen molar-refractivity contribution in [1.82, 2.24) is 4.98 Å². The Morgan fingerprint density at radius 2 is 1.93 bits per heavy atom. The van der Waals surface area contributed by atoms with E-state index in [1.54, 1.807) is 11.8 Å². The van der Waals surface area contributed by atoms with Gasteiger partial charge in [0.25, 0.3) is 0 Å². The first-order chi connectivity index (χ1) is 7.33. The van der Waals surface area contributed by atoms with Crippen LogP contribution >= 0.6 is 23.4 Å². The van der Waals surface area contributed by atoms with Crippen molar-refractivity contribution < 1.29 is 0 Å². The molecule has 0 saturated carbocycles. The Morgan fingerprint density at radius 1 is 1.07 bits per heavy atom. The first-order valence-corrected chi connectivity index (χ1v) is 5.73. The number of nitrogens with zero attached hydrogens (tertiary/aromatic N) is 1. The lowest BCUT2D eigenvalue weighted by atomic mass is 10.3. The molecule has 2 heterocycles. The van der Waals surface area contributed by atoms with Gasteiger partial charge in [0.1, 0.15) is 11.0 Å². The summed E-state index contributed by atoms with van der Waals surface area (Å²) in [7, 11) is 0. The van der Waals surface area contributed by atoms with E-state index in [2.05, 4.69) is 16.4 Å². The van der Waals surface area contributed by atoms with E-state index >= 15 is 0 Å². The first kappa shape index (κ1) is 9.07. The van der Waals surface area contributed by atoms with Crippen molar-refractivity contribution in [3.05, 3.63) is 41.6 Å². The largest absolute Gasteiger partial charge is 0.338 e. The van der Waals surface area contributed by atoms with Crippen LogP contribution in [0.5, 0.6) is 0 Å². The maximum Gasteiger partial charge on any atom is 0.146 e. The average Bonchev–Trinajstić information content (AvgIpc) is 2.26. The molecule has 4 heteroatoms. The monoisotopic (exact) mass is 234 g/mol. The van der Waals surface area contributed by atoms with Crippen LogP contribution in [0.25, 0.3) is 0 Å². The van der Waals surface area contributed by atoms with Crippen LogP contribution in [0, 0.1) is 0 Å². The Kier molecular flexibility index (Phi) is 2.08. The van der Waals surface area contributed by atoms with Crippen molar-refractivity contribution in [1.29, 1.82) is 0 Å². The number of rotatable bonds is 0. The van der Waals surface area contributed by atoms with Gasteiger partial charge >= 0.3 is 0 Å². The summed E-state index contributed by atoms with van der Waals surface area (Å²) in [5, 5.41) is 3.78. The molecule has 1 aliphatic heterocycles. The van der Waals surface area contributed by atoms with E-state index < -0.39 is 0 Å². The van der Waals surface area contributed by atoms with Crippen molar-refractivity contribution in [3.8, 4) is 0 Å². The van der Waals surface area contributed by atoms with Gasteiger partial charge in [-0.1, -0.05) is 35.5 Å². The summed E-state index contributed by atoms with van der Waals surface area (Å²) in [6.45, 7) is 0. The number of hydrogen-bond donors (Lipinski definition) is 1. The van der Waals surface area contributed by atoms with Crippen LogP contribution in [-0.2, 0) is 0 Å². The molecule has 0 unspecified atom stereocenters. The standard InChI is InChI=1S/C11H7ClN2S/c12-10-6-5-9-11(14-10)13-7-3-1-2-4-8(7)15-9/h1-6H,(H,13,14). The minimum absolute atomic E-state index is 0.515. The molecule has 0 fully saturated rings. The van der Waals surface area contributed by atoms with Gasteiger partial charge < -0.3 is 5.32 Å². The maximum atomic E-state index is 5.84. The molecule has 0 bridgehead atoms. The molecule has 0 saturated heterocycles. The fourth-order valence-electron chi connectivity index (χ4n) is 1.50. The van der Waals surface area contributed by atoms with E-state index in [1.165, 1.54) is 4.90 Å². The summed E-state index contributed by atoms with van der Waals surface area (Å²) in [6.07, 6.45) is 0. The molecule has 1 aliphatic rings. The summed E-state index contributed by atoms with van der Waals surface area (Å²) in [6, 6.07) is 11.9. The average molecular weight is 235 g/mol. The number of para-hydroxylation sites is 1. The van der Waals surface area contributed by atoms with Gasteiger partial charge in [-0.3, -0.25) is 0 Å². The van der Waals surface area contributed by atoms with E-state index in [0.29, 0.717) is 5.15 Å². The summed E-state index contributed by atoms with van der Waals surface area (Å²) in [5.74, 6) is 0.839. The third kappa shape index (κ3) is 1.58. The highest BCUT2D eigenvalue weighted by atomic mass is 35.5. The predicted octanol–water partition coefficient (Wildman–Crippen LogP) is 3.94. The minimum Gasteiger partial charge on any atom is -0.338 e. The molecule has 15 heavy (non-hydrogen) atoms. The fourth-order valence-corrected chi connectivity index (χ4v) is 2.59. The Balaban J connectivity index is 2.11. The molecule has 0 radical (unpaired) electrons. The summed E-state index contributed by atoms with van der Waals surface area (Å²) in [4.78, 5) is 6.57. The number of aromatic nitrogens is 1. The smallest absolute Gasteiger partial charge is 0.146 e. The van der Waals surface area contributed by atoms with Gasteiger partial charge in [0.2, 0.25) is 0 Å². The van der Waals surface area contributed by atoms with Crippen LogP contribution in [0.15, 0.2) is 46.2 Å². The van der Waals surface area contributed by atoms with Crippen LogP contribution in [0.3, 0.4) is 0 Å². The van der Waals surface area contributed by atoms with Crippen molar-refractivity contribution in [3.63, 3.8) is 0 Å². The molecule has 0 amide bonds. The lowest BCUT2D eigenvalue weighted by Gasteiger charge is -2.19. The summed E-state index contributed by atoms with van der Waals surface area (Å²) >= 11 is 7.55. The number of nitrogens with one attached hydrogen (secondary N) is 1. The normalized spacial score (nSPS) is 12.6. The van der Waals surface area contributed by atoms with Gasteiger partial charge in [-0.15, -0.1) is 0 Å². The number of hydrogen-bond acceptors (Lipinski definition) is 3. The van der Waals surface area contributed by atoms with Gasteiger partial charge in [-0.2, -0.15) is 0 Å². The molecule has 74 valence electrons. The molecule has 1 N–H and O–H groups in total. The highest BCUT2D eigenvalue weighted by Crippen LogP contribution is 2.43. The lowest BCUT2D eigenvalue weighted by molar-refractivity contribution is 1.19. The van der Waals surface area contributed by atoms with Crippen LogP contribution in [0.1, 0.15) is 0 Å². The second-order valence-corrected chi connectivity index (χ2v) is 4.67. The third-order valence-electron chi connectivity index (χ3n) is 2.18. The number of anilines is 2. The van der Waals surface area contributed by atoms with Crippen LogP contribution in [-0.4, -0.2) is 4.98 Å². The number of benzene rings is 1. The minimum atomic E-state index is 0.515. The SMILES string of the molecule is Clc1ccc2c(n1)Nc1ccccc1S2. The molecule has 0 aliphatic carbocycles. The Morgan fingerprint density at radius 3 is 2.87 bits per heavy atom. The molecule has 2 nitrogen and oxygen atoms in total. The highest BCUT2D eigenvalue weighted by molar-refractivity contribution is 7.99. The molecular formula is C11H7ClN2S. The zero-order valence-corrected chi connectivity index (χ0v) is 9.27. The van der Waals surface area contributed by atoms with Gasteiger partial charge in [0, 0.05) is 4.90 Å². The Labute approximate surface area is 96.7 Å². The van der Waals surface area contributed by atoms with Crippen molar-refractivity contribution >= 4 is 34.9 Å². The quantitative estimate of drug-likeness (QED) is 0.597. The van der Waals surface area contributed by atoms with Gasteiger partial charge in [0.05, 0.1) is 10.6 Å². The van der Waals surface area contributed by atoms with E-state index in [1.807, 2.05) is 30.3 Å². The zero-order chi connectivity index (χ0) is 10.3. The summed E-state index contributed by atoms with van der Waals surface area (Å²) < 4.78 is 0. The highest BCUT2D eigenvalue weighted by Gasteiger charge is 2.15. The second-order valence-electron chi connectivity index (χ2n) is 3.20. The molecule has 0 atom stereocenters. The zero-order valence-electron chi connectivity index (χ0n) is 7.70. The van der Waals surface area contributed by atoms with Crippen LogP contribution in [0.4, 0.5) is 11.5 Å². The van der Waals surface area contributed by atoms with E-state index in [9.17, 15) is 0 Å². The van der Waals surface area contributed by atoms with E-state index in [-0.39, 0.29) is 0 Å². The van der Waals surface area contributed by atoms with Gasteiger partial charge in [-0.25, -0.2) is 4.98 Å². The second kappa shape index (κ2) is 3.43. The fraction of sp³-hybridized carbons (Fsp3) is 0. The van der Waals surface area contributed by atoms with E-state index in [0.717, 1.165) is 16.4 Å². The maximum absolute atomic E-state index is 5.84. The molecular weight excluding hydrogens is 228 g/mol. The van der Waals surface area contributed by atoms with Gasteiger partial charge in [-0.05, 0) is 24.3 Å². The van der Waals surface area contributed by atoms with Gasteiger partial charge in [0.15, 0.2) is 0 Å². The first-order valence-electron chi connectivity index (χ1n) is 4.53. The van der Waals surface area contributed by atoms with Crippen LogP contribution in [0.2, 0.25) is 5.15 Å². The van der Waals surface area contributed by atoms with Crippen molar-refractivity contribution in [2.75, 3.05) is 5.32 Å². The Hall–Kier alpha value is -1.19. The predicted molar refractivity (Wildman–Crippen MR) is 63.1 cm³/mol. The molecule has 1 aromatic heterocycles. The van der Waals surface area contributed by atoms with E-state index in [4.69, 9.17) is 11.6 Å². The van der Waals surface area contributed by atoms with Crippen molar-refractivity contribution in [2.24, 2.45) is 0 Å². The third-order valence-corrected chi connectivity index (χ3v) is 3.52. The van der Waals surface area contributed by atoms with Crippen molar-refractivity contribution in [2.45, 2.75) is 9.79 Å². The molecule has 2 aromatic rings. The number of pyridine rings is 1. The molecule has 3 rings (SSSR count). The lowest BCUT2D eigenvalue weighted by Crippen LogP contribution is -2.01. The molecule has 1 aromatic carbocycles. The van der Waals surface area contributed by atoms with Crippen LogP contribution < -0.4 is 5.32 Å².